The van der Waals surface area contributed by atoms with Gasteiger partial charge in [-0.3, -0.25) is 0 Å². The number of carbonyl (C=O) groups excluding carboxylic acids is 1. The van der Waals surface area contributed by atoms with Gasteiger partial charge in [0.05, 0.1) is 25.1 Å². The molecule has 146 valence electrons. The third-order valence-corrected chi connectivity index (χ3v) is 4.60. The van der Waals surface area contributed by atoms with E-state index in [1.807, 2.05) is 30.3 Å². The molecule has 1 aliphatic rings. The van der Waals surface area contributed by atoms with Crippen LogP contribution in [0.1, 0.15) is 17.5 Å². The van der Waals surface area contributed by atoms with Gasteiger partial charge in [0.2, 0.25) is 0 Å². The molecule has 0 aromatic heterocycles. The fraction of sp³-hybridized carbons (Fsp3) is 0.273. The van der Waals surface area contributed by atoms with Gasteiger partial charge in [0, 0.05) is 18.5 Å². The monoisotopic (exact) mass is 379 g/mol. The maximum atomic E-state index is 12.8. The van der Waals surface area contributed by atoms with Crippen molar-refractivity contribution in [1.29, 1.82) is 0 Å². The van der Waals surface area contributed by atoms with Crippen LogP contribution in [0.5, 0.6) is 5.75 Å². The summed E-state index contributed by atoms with van der Waals surface area (Å²) in [6.45, 7) is 6.62. The number of para-hydroxylation sites is 2. The van der Waals surface area contributed by atoms with Crippen molar-refractivity contribution >= 4 is 17.4 Å². The van der Waals surface area contributed by atoms with Crippen molar-refractivity contribution in [3.8, 4) is 5.75 Å². The summed E-state index contributed by atoms with van der Waals surface area (Å²) in [5.74, 6) is 0.608. The molecule has 0 saturated carbocycles. The third-order valence-electron chi connectivity index (χ3n) is 4.60. The van der Waals surface area contributed by atoms with E-state index in [4.69, 9.17) is 9.57 Å². The van der Waals surface area contributed by atoms with Crippen LogP contribution in [-0.4, -0.2) is 42.9 Å². The molecule has 0 saturated heterocycles. The Morgan fingerprint density at radius 2 is 2.07 bits per heavy atom. The number of methoxy groups -OCH3 is 1. The standard InChI is InChI=1S/C22H25N3O3/c1-4-13-25(22(26)23-19-11-7-8-12-21(19)27-3)15-17-14-20(24-28-17)18-10-6-5-9-16(18)2/h4-12,17H,1,13-15H2,2-3H3,(H,23,26). The zero-order valence-electron chi connectivity index (χ0n) is 16.2. The third kappa shape index (κ3) is 4.52. The number of hydrogen-bond acceptors (Lipinski definition) is 4. The van der Waals surface area contributed by atoms with Crippen LogP contribution < -0.4 is 10.1 Å². The molecule has 0 fully saturated rings. The van der Waals surface area contributed by atoms with Gasteiger partial charge in [-0.2, -0.15) is 0 Å². The van der Waals surface area contributed by atoms with Gasteiger partial charge in [-0.15, -0.1) is 6.58 Å². The van der Waals surface area contributed by atoms with Crippen LogP contribution in [0, 0.1) is 6.92 Å². The lowest BCUT2D eigenvalue weighted by Crippen LogP contribution is -2.40. The van der Waals surface area contributed by atoms with E-state index in [9.17, 15) is 4.79 Å². The van der Waals surface area contributed by atoms with E-state index in [1.54, 1.807) is 30.2 Å². The van der Waals surface area contributed by atoms with Gasteiger partial charge >= 0.3 is 6.03 Å². The Balaban J connectivity index is 1.64. The highest BCUT2D eigenvalue weighted by Gasteiger charge is 2.27. The zero-order chi connectivity index (χ0) is 19.9. The first kappa shape index (κ1) is 19.5. The maximum absolute atomic E-state index is 12.8. The van der Waals surface area contributed by atoms with E-state index in [2.05, 4.69) is 30.0 Å². The number of amides is 2. The van der Waals surface area contributed by atoms with Gasteiger partial charge < -0.3 is 19.8 Å². The number of benzene rings is 2. The zero-order valence-corrected chi connectivity index (χ0v) is 16.2. The minimum absolute atomic E-state index is 0.196. The van der Waals surface area contributed by atoms with Crippen LogP contribution in [0.15, 0.2) is 66.3 Å². The van der Waals surface area contributed by atoms with E-state index in [0.717, 1.165) is 16.8 Å². The van der Waals surface area contributed by atoms with Crippen LogP contribution in [0.3, 0.4) is 0 Å². The molecule has 1 N–H and O–H groups in total. The largest absolute Gasteiger partial charge is 0.495 e. The quantitative estimate of drug-likeness (QED) is 0.733. The van der Waals surface area contributed by atoms with Crippen molar-refractivity contribution < 1.29 is 14.4 Å². The van der Waals surface area contributed by atoms with E-state index >= 15 is 0 Å². The Hall–Kier alpha value is -3.28. The van der Waals surface area contributed by atoms with Crippen molar-refractivity contribution in [3.05, 3.63) is 72.3 Å². The molecule has 0 bridgehead atoms. The number of aryl methyl sites for hydroxylation is 1. The first-order valence-corrected chi connectivity index (χ1v) is 9.21. The SMILES string of the molecule is C=CCN(CC1CC(c2ccccc2C)=NO1)C(=O)Nc1ccccc1OC. The second-order valence-corrected chi connectivity index (χ2v) is 6.61. The predicted octanol–water partition coefficient (Wildman–Crippen LogP) is 4.22. The van der Waals surface area contributed by atoms with Crippen molar-refractivity contribution in [2.45, 2.75) is 19.4 Å². The first-order chi connectivity index (χ1) is 13.6. The molecule has 1 atom stereocenters. The topological polar surface area (TPSA) is 63.2 Å². The second-order valence-electron chi connectivity index (χ2n) is 6.61. The summed E-state index contributed by atoms with van der Waals surface area (Å²) >= 11 is 0. The first-order valence-electron chi connectivity index (χ1n) is 9.21. The van der Waals surface area contributed by atoms with E-state index in [0.29, 0.717) is 30.9 Å². The Morgan fingerprint density at radius 1 is 1.32 bits per heavy atom. The summed E-state index contributed by atoms with van der Waals surface area (Å²) in [5, 5.41) is 7.14. The normalized spacial score (nSPS) is 15.4. The Labute approximate surface area is 165 Å². The number of nitrogens with zero attached hydrogens (tertiary/aromatic N) is 2. The summed E-state index contributed by atoms with van der Waals surface area (Å²) in [4.78, 5) is 20.0. The minimum atomic E-state index is -0.239. The number of anilines is 1. The lowest BCUT2D eigenvalue weighted by Gasteiger charge is -2.24. The molecular formula is C22H25N3O3. The van der Waals surface area contributed by atoms with Crippen LogP contribution in [0.4, 0.5) is 10.5 Å². The number of urea groups is 1. The van der Waals surface area contributed by atoms with Gasteiger partial charge in [0.25, 0.3) is 0 Å². The average Bonchev–Trinajstić information content (AvgIpc) is 3.16. The number of carbonyl (C=O) groups is 1. The van der Waals surface area contributed by atoms with Crippen molar-refractivity contribution in [2.24, 2.45) is 5.16 Å². The number of nitrogens with one attached hydrogen (secondary N) is 1. The fourth-order valence-electron chi connectivity index (χ4n) is 3.17. The van der Waals surface area contributed by atoms with Gasteiger partial charge in [-0.25, -0.2) is 4.79 Å². The Morgan fingerprint density at radius 3 is 2.82 bits per heavy atom. The van der Waals surface area contributed by atoms with E-state index in [-0.39, 0.29) is 12.1 Å². The molecule has 3 rings (SSSR count). The molecule has 0 radical (unpaired) electrons. The van der Waals surface area contributed by atoms with E-state index < -0.39 is 0 Å². The van der Waals surface area contributed by atoms with Gasteiger partial charge in [-0.1, -0.05) is 47.6 Å². The van der Waals surface area contributed by atoms with Gasteiger partial charge in [0.1, 0.15) is 5.75 Å². The molecule has 28 heavy (non-hydrogen) atoms. The van der Waals surface area contributed by atoms with Crippen molar-refractivity contribution in [2.75, 3.05) is 25.5 Å². The highest BCUT2D eigenvalue weighted by molar-refractivity contribution is 6.02. The summed E-state index contributed by atoms with van der Waals surface area (Å²) < 4.78 is 5.30. The number of oxime groups is 1. The number of rotatable bonds is 7. The number of hydrogen-bond donors (Lipinski definition) is 1. The molecule has 6 heteroatoms. The van der Waals surface area contributed by atoms with Gasteiger partial charge in [-0.05, 0) is 24.6 Å². The second kappa shape index (κ2) is 9.08. The van der Waals surface area contributed by atoms with Crippen LogP contribution in [-0.2, 0) is 4.84 Å². The van der Waals surface area contributed by atoms with Crippen LogP contribution >= 0.6 is 0 Å². The average molecular weight is 379 g/mol. The molecule has 1 aliphatic heterocycles. The van der Waals surface area contributed by atoms with E-state index in [1.165, 1.54) is 0 Å². The Bertz CT molecular complexity index is 879. The van der Waals surface area contributed by atoms with Crippen LogP contribution in [0.25, 0.3) is 0 Å². The molecular weight excluding hydrogens is 354 g/mol. The van der Waals surface area contributed by atoms with Crippen LogP contribution in [0.2, 0.25) is 0 Å². The van der Waals surface area contributed by atoms with Crippen molar-refractivity contribution in [1.82, 2.24) is 4.90 Å². The number of ether oxygens (including phenoxy) is 1. The lowest BCUT2D eigenvalue weighted by molar-refractivity contribution is 0.0645. The minimum Gasteiger partial charge on any atom is -0.495 e. The molecule has 0 spiro atoms. The summed E-state index contributed by atoms with van der Waals surface area (Å²) in [5.41, 5.74) is 3.76. The van der Waals surface area contributed by atoms with Crippen molar-refractivity contribution in [3.63, 3.8) is 0 Å². The predicted molar refractivity (Wildman–Crippen MR) is 111 cm³/mol. The molecule has 2 aromatic carbocycles. The Kier molecular flexibility index (Phi) is 6.32. The summed E-state index contributed by atoms with van der Waals surface area (Å²) in [7, 11) is 1.57. The molecule has 2 aromatic rings. The molecule has 6 nitrogen and oxygen atoms in total. The highest BCUT2D eigenvalue weighted by atomic mass is 16.6. The summed E-state index contributed by atoms with van der Waals surface area (Å²) in [6, 6.07) is 15.1. The lowest BCUT2D eigenvalue weighted by atomic mass is 10.0. The molecule has 0 aliphatic carbocycles. The maximum Gasteiger partial charge on any atom is 0.322 e. The fourth-order valence-corrected chi connectivity index (χ4v) is 3.17. The summed E-state index contributed by atoms with van der Waals surface area (Å²) in [6.07, 6.45) is 2.15. The highest BCUT2D eigenvalue weighted by Crippen LogP contribution is 2.24. The smallest absolute Gasteiger partial charge is 0.322 e. The molecule has 2 amide bonds. The van der Waals surface area contributed by atoms with Gasteiger partial charge in [0.15, 0.2) is 6.10 Å². The molecule has 1 unspecified atom stereocenters. The molecule has 1 heterocycles.